The van der Waals surface area contributed by atoms with Gasteiger partial charge in [0.15, 0.2) is 0 Å². The van der Waals surface area contributed by atoms with Crippen molar-refractivity contribution >= 4 is 17.7 Å². The molecule has 0 spiro atoms. The van der Waals surface area contributed by atoms with Crippen molar-refractivity contribution in [1.29, 1.82) is 0 Å². The first kappa shape index (κ1) is 21.2. The van der Waals surface area contributed by atoms with Crippen molar-refractivity contribution in [1.82, 2.24) is 10.3 Å². The Morgan fingerprint density at radius 3 is 2.29 bits per heavy atom. The number of carboxylic acid groups (broad SMARTS) is 1. The molecule has 0 bridgehead atoms. The standard InChI is InChI=1S/C21H27N3O4/c1-13-8-7-9-16(14(13)2)28-17-11-10-15(12-22-17)23-18(25)21(6,20(3,4)5)24-19(26)27/h7-12,24H,1-6H3,(H,23,25)(H,26,27)/t21-/m0/s1. The van der Waals surface area contributed by atoms with Gasteiger partial charge in [0.05, 0.1) is 11.9 Å². The van der Waals surface area contributed by atoms with Crippen LogP contribution in [0.25, 0.3) is 0 Å². The maximum atomic E-state index is 12.8. The average molecular weight is 385 g/mol. The molecule has 1 atom stereocenters. The molecule has 0 aliphatic carbocycles. The Bertz CT molecular complexity index is 872. The normalized spacial score (nSPS) is 13.4. The molecule has 2 amide bonds. The van der Waals surface area contributed by atoms with E-state index in [0.717, 1.165) is 16.9 Å². The van der Waals surface area contributed by atoms with Crippen LogP contribution in [0.3, 0.4) is 0 Å². The van der Waals surface area contributed by atoms with Gasteiger partial charge in [-0.05, 0) is 49.4 Å². The van der Waals surface area contributed by atoms with E-state index in [2.05, 4.69) is 15.6 Å². The Morgan fingerprint density at radius 2 is 1.75 bits per heavy atom. The minimum absolute atomic E-state index is 0.397. The summed E-state index contributed by atoms with van der Waals surface area (Å²) in [5.41, 5.74) is 0.624. The van der Waals surface area contributed by atoms with Crippen molar-refractivity contribution in [3.05, 3.63) is 47.7 Å². The highest BCUT2D eigenvalue weighted by Gasteiger charge is 2.45. The zero-order chi connectivity index (χ0) is 21.1. The average Bonchev–Trinajstić information content (AvgIpc) is 2.59. The zero-order valence-electron chi connectivity index (χ0n) is 17.1. The maximum Gasteiger partial charge on any atom is 0.405 e. The SMILES string of the molecule is Cc1cccc(Oc2ccc(NC(=O)[C@](C)(NC(=O)O)C(C)(C)C)cn2)c1C. The van der Waals surface area contributed by atoms with Crippen LogP contribution in [0, 0.1) is 19.3 Å². The first-order valence-electron chi connectivity index (χ1n) is 8.97. The summed E-state index contributed by atoms with van der Waals surface area (Å²) in [6, 6.07) is 9.10. The van der Waals surface area contributed by atoms with Gasteiger partial charge in [0, 0.05) is 6.07 Å². The number of hydrogen-bond donors (Lipinski definition) is 3. The zero-order valence-corrected chi connectivity index (χ0v) is 17.1. The summed E-state index contributed by atoms with van der Waals surface area (Å²) in [5, 5.41) is 14.2. The lowest BCUT2D eigenvalue weighted by Gasteiger charge is -2.40. The van der Waals surface area contributed by atoms with Gasteiger partial charge in [-0.25, -0.2) is 9.78 Å². The van der Waals surface area contributed by atoms with Crippen molar-refractivity contribution in [3.63, 3.8) is 0 Å². The Balaban J connectivity index is 2.16. The Hall–Kier alpha value is -3.09. The number of nitrogens with one attached hydrogen (secondary N) is 2. The Kier molecular flexibility index (Phi) is 5.97. The van der Waals surface area contributed by atoms with E-state index in [-0.39, 0.29) is 0 Å². The van der Waals surface area contributed by atoms with Crippen molar-refractivity contribution < 1.29 is 19.4 Å². The monoisotopic (exact) mass is 385 g/mol. The highest BCUT2D eigenvalue weighted by atomic mass is 16.5. The summed E-state index contributed by atoms with van der Waals surface area (Å²) in [4.78, 5) is 28.2. The molecule has 0 aliphatic rings. The number of hydrogen-bond acceptors (Lipinski definition) is 4. The van der Waals surface area contributed by atoms with E-state index < -0.39 is 23.0 Å². The number of anilines is 1. The molecular formula is C21H27N3O4. The molecule has 0 saturated carbocycles. The van der Waals surface area contributed by atoms with Gasteiger partial charge in [0.25, 0.3) is 5.91 Å². The summed E-state index contributed by atoms with van der Waals surface area (Å²) in [7, 11) is 0. The molecule has 28 heavy (non-hydrogen) atoms. The predicted molar refractivity (Wildman–Crippen MR) is 108 cm³/mol. The van der Waals surface area contributed by atoms with Crippen LogP contribution in [0.1, 0.15) is 38.8 Å². The van der Waals surface area contributed by atoms with Crippen LogP contribution >= 0.6 is 0 Å². The fourth-order valence-corrected chi connectivity index (χ4v) is 2.52. The lowest BCUT2D eigenvalue weighted by atomic mass is 9.74. The quantitative estimate of drug-likeness (QED) is 0.703. The molecule has 7 heteroatoms. The van der Waals surface area contributed by atoms with Crippen LogP contribution in [0.4, 0.5) is 10.5 Å². The molecule has 3 N–H and O–H groups in total. The smallest absolute Gasteiger partial charge is 0.405 e. The van der Waals surface area contributed by atoms with Crippen LogP contribution in [0.2, 0.25) is 0 Å². The molecule has 1 aromatic heterocycles. The van der Waals surface area contributed by atoms with Crippen molar-refractivity contribution in [2.45, 2.75) is 47.1 Å². The number of amides is 2. The number of aromatic nitrogens is 1. The van der Waals surface area contributed by atoms with Gasteiger partial charge in [-0.1, -0.05) is 32.9 Å². The summed E-state index contributed by atoms with van der Waals surface area (Å²) >= 11 is 0. The van der Waals surface area contributed by atoms with E-state index in [1.165, 1.54) is 6.20 Å². The summed E-state index contributed by atoms with van der Waals surface area (Å²) in [6.45, 7) is 10.9. The number of rotatable bonds is 5. The largest absolute Gasteiger partial charge is 0.465 e. The lowest BCUT2D eigenvalue weighted by molar-refractivity contribution is -0.125. The summed E-state index contributed by atoms with van der Waals surface area (Å²) < 4.78 is 5.81. The van der Waals surface area contributed by atoms with Gasteiger partial charge < -0.3 is 20.5 Å². The van der Waals surface area contributed by atoms with Gasteiger partial charge >= 0.3 is 6.09 Å². The van der Waals surface area contributed by atoms with E-state index in [1.807, 2.05) is 32.0 Å². The second kappa shape index (κ2) is 7.88. The number of nitrogens with zero attached hydrogens (tertiary/aromatic N) is 1. The minimum atomic E-state index is -1.33. The van der Waals surface area contributed by atoms with Gasteiger partial charge in [-0.2, -0.15) is 0 Å². The summed E-state index contributed by atoms with van der Waals surface area (Å²) in [5.74, 6) is 0.650. The molecular weight excluding hydrogens is 358 g/mol. The second-order valence-electron chi connectivity index (χ2n) is 7.94. The van der Waals surface area contributed by atoms with Crippen LogP contribution in [0.5, 0.6) is 11.6 Å². The maximum absolute atomic E-state index is 12.8. The van der Waals surface area contributed by atoms with E-state index in [1.54, 1.807) is 39.8 Å². The fourth-order valence-electron chi connectivity index (χ4n) is 2.52. The third kappa shape index (κ3) is 4.60. The lowest BCUT2D eigenvalue weighted by Crippen LogP contribution is -2.62. The second-order valence-corrected chi connectivity index (χ2v) is 7.94. The molecule has 0 saturated heterocycles. The third-order valence-corrected chi connectivity index (χ3v) is 5.07. The summed E-state index contributed by atoms with van der Waals surface area (Å²) in [6.07, 6.45) is 0.213. The van der Waals surface area contributed by atoms with E-state index in [9.17, 15) is 9.59 Å². The molecule has 0 aliphatic heterocycles. The van der Waals surface area contributed by atoms with Crippen molar-refractivity contribution in [2.24, 2.45) is 5.41 Å². The van der Waals surface area contributed by atoms with Crippen molar-refractivity contribution in [3.8, 4) is 11.6 Å². The molecule has 7 nitrogen and oxygen atoms in total. The first-order chi connectivity index (χ1) is 12.9. The fraction of sp³-hybridized carbons (Fsp3) is 0.381. The van der Waals surface area contributed by atoms with Crippen LogP contribution < -0.4 is 15.4 Å². The number of aryl methyl sites for hydroxylation is 1. The topological polar surface area (TPSA) is 101 Å². The van der Waals surface area contributed by atoms with Crippen LogP contribution in [0.15, 0.2) is 36.5 Å². The van der Waals surface area contributed by atoms with Crippen LogP contribution in [-0.4, -0.2) is 27.6 Å². The Morgan fingerprint density at radius 1 is 1.07 bits per heavy atom. The molecule has 0 fully saturated rings. The van der Waals surface area contributed by atoms with Crippen LogP contribution in [-0.2, 0) is 4.79 Å². The minimum Gasteiger partial charge on any atom is -0.465 e. The highest BCUT2D eigenvalue weighted by Crippen LogP contribution is 2.32. The molecule has 1 heterocycles. The van der Waals surface area contributed by atoms with E-state index in [4.69, 9.17) is 9.84 Å². The highest BCUT2D eigenvalue weighted by molar-refractivity contribution is 6.00. The van der Waals surface area contributed by atoms with E-state index >= 15 is 0 Å². The number of pyridine rings is 1. The Labute approximate surface area is 165 Å². The number of ether oxygens (including phenoxy) is 1. The van der Waals surface area contributed by atoms with Gasteiger partial charge in [0.1, 0.15) is 11.3 Å². The molecule has 1 aromatic carbocycles. The predicted octanol–water partition coefficient (Wildman–Crippen LogP) is 4.50. The first-order valence-corrected chi connectivity index (χ1v) is 8.97. The van der Waals surface area contributed by atoms with Gasteiger partial charge in [-0.3, -0.25) is 4.79 Å². The molecule has 150 valence electrons. The number of benzene rings is 1. The van der Waals surface area contributed by atoms with E-state index in [0.29, 0.717) is 11.6 Å². The number of carbonyl (C=O) groups is 2. The van der Waals surface area contributed by atoms with Gasteiger partial charge in [-0.15, -0.1) is 0 Å². The van der Waals surface area contributed by atoms with Crippen molar-refractivity contribution in [2.75, 3.05) is 5.32 Å². The molecule has 0 radical (unpaired) electrons. The van der Waals surface area contributed by atoms with Gasteiger partial charge in [0.2, 0.25) is 5.88 Å². The molecule has 2 rings (SSSR count). The molecule has 2 aromatic rings. The molecule has 0 unspecified atom stereocenters. The number of carbonyl (C=O) groups excluding carboxylic acids is 1. The third-order valence-electron chi connectivity index (χ3n) is 5.07.